The lowest BCUT2D eigenvalue weighted by Crippen LogP contribution is -2.45. The van der Waals surface area contributed by atoms with Crippen molar-refractivity contribution in [2.75, 3.05) is 6.61 Å². The van der Waals surface area contributed by atoms with Crippen LogP contribution in [0, 0.1) is 0 Å². The van der Waals surface area contributed by atoms with Crippen LogP contribution in [0.5, 0.6) is 0 Å². The van der Waals surface area contributed by atoms with E-state index < -0.39 is 36.2 Å². The molecule has 7 heteroatoms. The molecule has 5 atom stereocenters. The zero-order valence-electron chi connectivity index (χ0n) is 18.7. The van der Waals surface area contributed by atoms with E-state index in [2.05, 4.69) is 0 Å². The van der Waals surface area contributed by atoms with Crippen LogP contribution >= 0.6 is 0 Å². The number of hydrogen-bond acceptors (Lipinski definition) is 7. The Morgan fingerprint density at radius 1 is 1.00 bits per heavy atom. The van der Waals surface area contributed by atoms with Gasteiger partial charge in [-0.25, -0.2) is 4.79 Å². The van der Waals surface area contributed by atoms with Gasteiger partial charge in [-0.05, 0) is 61.8 Å². The Hall–Kier alpha value is -1.25. The number of hydrogen-bond donors (Lipinski definition) is 0. The minimum absolute atomic E-state index is 0.349. The summed E-state index contributed by atoms with van der Waals surface area (Å²) in [5.74, 6) is -1.89. The molecule has 3 aliphatic rings. The van der Waals surface area contributed by atoms with Gasteiger partial charge in [0.05, 0.1) is 6.61 Å². The molecule has 0 amide bonds. The van der Waals surface area contributed by atoms with Crippen molar-refractivity contribution in [3.8, 4) is 0 Å². The van der Waals surface area contributed by atoms with Gasteiger partial charge in [0.25, 0.3) is 0 Å². The van der Waals surface area contributed by atoms with Gasteiger partial charge in [-0.3, -0.25) is 0 Å². The van der Waals surface area contributed by atoms with Crippen molar-refractivity contribution in [3.05, 3.63) is 22.8 Å². The van der Waals surface area contributed by atoms with Gasteiger partial charge in [0, 0.05) is 5.57 Å². The van der Waals surface area contributed by atoms with E-state index in [9.17, 15) is 4.79 Å². The minimum atomic E-state index is -0.807. The van der Waals surface area contributed by atoms with Crippen LogP contribution in [0.2, 0.25) is 0 Å². The van der Waals surface area contributed by atoms with Gasteiger partial charge in [-0.15, -0.1) is 0 Å². The Kier molecular flexibility index (Phi) is 6.28. The van der Waals surface area contributed by atoms with E-state index in [0.29, 0.717) is 18.6 Å². The highest BCUT2D eigenvalue weighted by atomic mass is 16.8. The van der Waals surface area contributed by atoms with Gasteiger partial charge in [0.2, 0.25) is 0 Å². The maximum absolute atomic E-state index is 13.1. The summed E-state index contributed by atoms with van der Waals surface area (Å²) in [5.41, 5.74) is 2.70. The maximum atomic E-state index is 13.1. The average Bonchev–Trinajstić information content (AvgIpc) is 3.17. The van der Waals surface area contributed by atoms with E-state index in [1.54, 1.807) is 0 Å². The van der Waals surface area contributed by atoms with Crippen LogP contribution in [-0.2, 0) is 33.2 Å². The van der Waals surface area contributed by atoms with Gasteiger partial charge in [-0.1, -0.05) is 17.2 Å². The van der Waals surface area contributed by atoms with E-state index in [1.807, 2.05) is 61.5 Å². The summed E-state index contributed by atoms with van der Waals surface area (Å²) >= 11 is 0. The van der Waals surface area contributed by atoms with Gasteiger partial charge < -0.3 is 28.4 Å². The third kappa shape index (κ3) is 5.09. The summed E-state index contributed by atoms with van der Waals surface area (Å²) < 4.78 is 35.6. The molecule has 3 heterocycles. The summed E-state index contributed by atoms with van der Waals surface area (Å²) in [5, 5.41) is 0. The van der Waals surface area contributed by atoms with E-state index in [-0.39, 0.29) is 12.1 Å². The molecule has 164 valence electrons. The van der Waals surface area contributed by atoms with Crippen LogP contribution in [-0.4, -0.2) is 54.9 Å². The first kappa shape index (κ1) is 22.4. The first-order valence-electron chi connectivity index (χ1n) is 10.2. The molecule has 0 aromatic heterocycles. The van der Waals surface area contributed by atoms with Crippen molar-refractivity contribution in [1.82, 2.24) is 0 Å². The Balaban J connectivity index is 1.81. The van der Waals surface area contributed by atoms with Gasteiger partial charge in [-0.2, -0.15) is 0 Å². The van der Waals surface area contributed by atoms with E-state index in [4.69, 9.17) is 28.4 Å². The molecule has 0 unspecified atom stereocenters. The van der Waals surface area contributed by atoms with E-state index >= 15 is 0 Å². The lowest BCUT2D eigenvalue weighted by atomic mass is 10.0. The van der Waals surface area contributed by atoms with Crippen molar-refractivity contribution in [1.29, 1.82) is 0 Å². The molecule has 3 saturated heterocycles. The zero-order valence-corrected chi connectivity index (χ0v) is 18.7. The second kappa shape index (κ2) is 8.12. The average molecular weight is 411 g/mol. The molecular formula is C22H34O7. The smallest absolute Gasteiger partial charge is 0.334 e. The number of carbonyl (C=O) groups excluding carboxylic acids is 1. The highest BCUT2D eigenvalue weighted by molar-refractivity contribution is 5.89. The van der Waals surface area contributed by atoms with Crippen molar-refractivity contribution in [3.63, 3.8) is 0 Å². The Labute approximate surface area is 173 Å². The zero-order chi connectivity index (χ0) is 21.6. The molecule has 0 aromatic rings. The van der Waals surface area contributed by atoms with E-state index in [1.165, 1.54) is 0 Å². The van der Waals surface area contributed by atoms with Crippen LogP contribution in [0.15, 0.2) is 22.8 Å². The predicted octanol–water partition coefficient (Wildman–Crippen LogP) is 3.62. The minimum Gasteiger partial charge on any atom is -0.453 e. The Morgan fingerprint density at radius 3 is 2.24 bits per heavy atom. The van der Waals surface area contributed by atoms with Crippen molar-refractivity contribution in [2.45, 2.75) is 104 Å². The molecule has 0 aliphatic carbocycles. The fraction of sp³-hybridized carbons (Fsp3) is 0.773. The molecule has 0 bridgehead atoms. The van der Waals surface area contributed by atoms with Crippen molar-refractivity contribution in [2.24, 2.45) is 0 Å². The monoisotopic (exact) mass is 410 g/mol. The fourth-order valence-electron chi connectivity index (χ4n) is 3.81. The molecular weight excluding hydrogens is 376 g/mol. The highest BCUT2D eigenvalue weighted by Gasteiger charge is 2.60. The van der Waals surface area contributed by atoms with E-state index in [0.717, 1.165) is 11.1 Å². The normalized spacial score (nSPS) is 34.6. The molecule has 0 N–H and O–H groups in total. The topological polar surface area (TPSA) is 72.5 Å². The molecule has 3 aliphatic heterocycles. The van der Waals surface area contributed by atoms with Crippen molar-refractivity contribution < 1.29 is 33.2 Å². The van der Waals surface area contributed by atoms with Gasteiger partial charge >= 0.3 is 5.97 Å². The number of ether oxygens (including phenoxy) is 6. The number of allylic oxidation sites excluding steroid dienone is 3. The van der Waals surface area contributed by atoms with Crippen molar-refractivity contribution >= 4 is 5.97 Å². The van der Waals surface area contributed by atoms with Gasteiger partial charge in [0.1, 0.15) is 12.2 Å². The SMILES string of the molecule is CC(C)=CCC(C(=O)O[C@@H]1[C@H]2OC(C)(C)O[C@H]2O[C@@H]1[C@H]1COC(C)(C)O1)=C(C)C. The molecule has 0 spiro atoms. The first-order chi connectivity index (χ1) is 13.4. The Morgan fingerprint density at radius 2 is 1.69 bits per heavy atom. The number of carbonyl (C=O) groups is 1. The molecule has 0 saturated carbocycles. The first-order valence-corrected chi connectivity index (χ1v) is 10.2. The standard InChI is InChI=1S/C22H34O7/c1-12(2)9-10-14(13(3)4)19(23)25-17-16(15-11-24-21(5,6)27-15)26-20-18(17)28-22(7,8)29-20/h9,15-18,20H,10-11H2,1-8H3/t15-,16-,17+,18-,20-/m1/s1. The third-order valence-corrected chi connectivity index (χ3v) is 5.23. The summed E-state index contributed by atoms with van der Waals surface area (Å²) in [6.45, 7) is 15.5. The lowest BCUT2D eigenvalue weighted by molar-refractivity contribution is -0.234. The summed E-state index contributed by atoms with van der Waals surface area (Å²) in [6.07, 6.45) is -0.164. The number of esters is 1. The third-order valence-electron chi connectivity index (χ3n) is 5.23. The molecule has 7 nitrogen and oxygen atoms in total. The predicted molar refractivity (Wildman–Crippen MR) is 106 cm³/mol. The molecule has 29 heavy (non-hydrogen) atoms. The molecule has 3 fully saturated rings. The van der Waals surface area contributed by atoms with Gasteiger partial charge in [0.15, 0.2) is 30.1 Å². The van der Waals surface area contributed by atoms with Crippen LogP contribution in [0.1, 0.15) is 61.8 Å². The molecule has 0 radical (unpaired) electrons. The number of fused-ring (bicyclic) bond motifs is 1. The second-order valence-electron chi connectivity index (χ2n) is 9.27. The summed E-state index contributed by atoms with van der Waals surface area (Å²) in [4.78, 5) is 13.1. The maximum Gasteiger partial charge on any atom is 0.334 e. The van der Waals surface area contributed by atoms with Crippen LogP contribution < -0.4 is 0 Å². The lowest BCUT2D eigenvalue weighted by Gasteiger charge is -2.29. The molecule has 3 rings (SSSR count). The van der Waals surface area contributed by atoms with Crippen LogP contribution in [0.4, 0.5) is 0 Å². The number of rotatable bonds is 5. The Bertz CT molecular complexity index is 698. The highest BCUT2D eigenvalue weighted by Crippen LogP contribution is 2.42. The quantitative estimate of drug-likeness (QED) is 0.389. The summed E-state index contributed by atoms with van der Waals surface area (Å²) in [6, 6.07) is 0. The van der Waals surface area contributed by atoms with Crippen LogP contribution in [0.25, 0.3) is 0 Å². The largest absolute Gasteiger partial charge is 0.453 e. The molecule has 0 aromatic carbocycles. The second-order valence-corrected chi connectivity index (χ2v) is 9.27. The fourth-order valence-corrected chi connectivity index (χ4v) is 3.81. The van der Waals surface area contributed by atoms with Crippen LogP contribution in [0.3, 0.4) is 0 Å². The summed E-state index contributed by atoms with van der Waals surface area (Å²) in [7, 11) is 0.